The smallest absolute Gasteiger partial charge is 0.161 e. The molecule has 0 radical (unpaired) electrons. The Morgan fingerprint density at radius 1 is 0.852 bits per heavy atom. The zero-order valence-corrected chi connectivity index (χ0v) is 15.5. The lowest BCUT2D eigenvalue weighted by Gasteiger charge is -2.25. The van der Waals surface area contributed by atoms with Gasteiger partial charge < -0.3 is 14.6 Å². The fraction of sp³-hybridized carbons (Fsp3) is 0.217. The predicted octanol–water partition coefficient (Wildman–Crippen LogP) is 4.01. The number of methoxy groups -OCH3 is 1. The Morgan fingerprint density at radius 2 is 1.48 bits per heavy atom. The highest BCUT2D eigenvalue weighted by molar-refractivity contribution is 5.44. The average Bonchev–Trinajstić information content (AvgIpc) is 2.72. The minimum absolute atomic E-state index is 0.407. The van der Waals surface area contributed by atoms with Crippen molar-refractivity contribution >= 4 is 0 Å². The molecule has 1 atom stereocenters. The molecule has 140 valence electrons. The van der Waals surface area contributed by atoms with Crippen LogP contribution < -0.4 is 15.2 Å². The molecule has 0 aliphatic heterocycles. The number of nitrogens with two attached hydrogens (primary N) is 1. The van der Waals surface area contributed by atoms with Gasteiger partial charge in [-0.1, -0.05) is 66.7 Å². The van der Waals surface area contributed by atoms with E-state index in [1.807, 2.05) is 60.7 Å². The molecule has 3 rings (SSSR count). The Bertz CT molecular complexity index is 848. The summed E-state index contributed by atoms with van der Waals surface area (Å²) < 4.78 is 11.3. The van der Waals surface area contributed by atoms with E-state index in [9.17, 15) is 5.11 Å². The molecule has 3 aromatic rings. The second-order valence-electron chi connectivity index (χ2n) is 6.55. The molecular formula is C23H25NO3. The topological polar surface area (TPSA) is 64.7 Å². The number of rotatable bonds is 8. The monoisotopic (exact) mass is 363 g/mol. The SMILES string of the molecule is COc1cc(C(N)(O)CCc2ccccc2)ccc1OCc1ccccc1. The highest BCUT2D eigenvalue weighted by Gasteiger charge is 2.25. The molecule has 0 aliphatic carbocycles. The largest absolute Gasteiger partial charge is 0.493 e. The summed E-state index contributed by atoms with van der Waals surface area (Å²) in [5.41, 5.74) is 7.55. The van der Waals surface area contributed by atoms with Crippen LogP contribution in [0, 0.1) is 0 Å². The van der Waals surface area contributed by atoms with Crippen molar-refractivity contribution in [2.45, 2.75) is 25.2 Å². The van der Waals surface area contributed by atoms with Crippen molar-refractivity contribution in [2.24, 2.45) is 5.73 Å². The van der Waals surface area contributed by atoms with Gasteiger partial charge in [-0.2, -0.15) is 0 Å². The van der Waals surface area contributed by atoms with Crippen LogP contribution in [0.15, 0.2) is 78.9 Å². The van der Waals surface area contributed by atoms with Crippen LogP contribution in [0.25, 0.3) is 0 Å². The van der Waals surface area contributed by atoms with Crippen LogP contribution in [0.3, 0.4) is 0 Å². The van der Waals surface area contributed by atoms with E-state index in [1.54, 1.807) is 25.3 Å². The molecular weight excluding hydrogens is 338 g/mol. The normalized spacial score (nSPS) is 13.0. The molecule has 3 aromatic carbocycles. The molecule has 27 heavy (non-hydrogen) atoms. The third-order valence-corrected chi connectivity index (χ3v) is 4.54. The summed E-state index contributed by atoms with van der Waals surface area (Å²) in [6.07, 6.45) is 1.09. The van der Waals surface area contributed by atoms with Crippen molar-refractivity contribution in [3.05, 3.63) is 95.6 Å². The molecule has 4 heteroatoms. The van der Waals surface area contributed by atoms with E-state index < -0.39 is 5.72 Å². The Hall–Kier alpha value is -2.82. The number of benzene rings is 3. The number of aliphatic hydroxyl groups is 1. The lowest BCUT2D eigenvalue weighted by molar-refractivity contribution is 0.0342. The Morgan fingerprint density at radius 3 is 2.11 bits per heavy atom. The maximum absolute atomic E-state index is 10.7. The van der Waals surface area contributed by atoms with Crippen LogP contribution in [-0.4, -0.2) is 12.2 Å². The van der Waals surface area contributed by atoms with Crippen LogP contribution in [0.2, 0.25) is 0 Å². The van der Waals surface area contributed by atoms with Gasteiger partial charge in [-0.15, -0.1) is 0 Å². The van der Waals surface area contributed by atoms with E-state index in [2.05, 4.69) is 0 Å². The molecule has 0 heterocycles. The van der Waals surface area contributed by atoms with Gasteiger partial charge in [-0.3, -0.25) is 5.73 Å². The first kappa shape index (κ1) is 19.0. The first-order chi connectivity index (χ1) is 13.1. The summed E-state index contributed by atoms with van der Waals surface area (Å²) in [7, 11) is 1.58. The minimum atomic E-state index is -1.44. The fourth-order valence-corrected chi connectivity index (χ4v) is 2.92. The summed E-state index contributed by atoms with van der Waals surface area (Å²) in [5, 5.41) is 10.7. The number of ether oxygens (including phenoxy) is 2. The minimum Gasteiger partial charge on any atom is -0.493 e. The molecule has 0 fully saturated rings. The number of hydrogen-bond acceptors (Lipinski definition) is 4. The van der Waals surface area contributed by atoms with E-state index in [1.165, 1.54) is 0 Å². The summed E-state index contributed by atoms with van der Waals surface area (Å²) in [6.45, 7) is 0.442. The van der Waals surface area contributed by atoms with E-state index in [0.29, 0.717) is 36.5 Å². The Kier molecular flexibility index (Phi) is 6.12. The van der Waals surface area contributed by atoms with Gasteiger partial charge in [-0.25, -0.2) is 0 Å². The molecule has 0 saturated heterocycles. The lowest BCUT2D eigenvalue weighted by Crippen LogP contribution is -2.36. The van der Waals surface area contributed by atoms with Crippen molar-refractivity contribution in [1.82, 2.24) is 0 Å². The van der Waals surface area contributed by atoms with E-state index in [0.717, 1.165) is 11.1 Å². The molecule has 0 amide bonds. The van der Waals surface area contributed by atoms with Crippen molar-refractivity contribution in [3.8, 4) is 11.5 Å². The van der Waals surface area contributed by atoms with Gasteiger partial charge in [0.1, 0.15) is 12.3 Å². The molecule has 0 bridgehead atoms. The fourth-order valence-electron chi connectivity index (χ4n) is 2.92. The van der Waals surface area contributed by atoms with Crippen LogP contribution in [0.1, 0.15) is 23.1 Å². The molecule has 4 nitrogen and oxygen atoms in total. The first-order valence-electron chi connectivity index (χ1n) is 8.99. The molecule has 0 spiro atoms. The van der Waals surface area contributed by atoms with Gasteiger partial charge in [0.25, 0.3) is 0 Å². The molecule has 1 unspecified atom stereocenters. The van der Waals surface area contributed by atoms with Gasteiger partial charge in [0.05, 0.1) is 7.11 Å². The molecule has 0 saturated carbocycles. The van der Waals surface area contributed by atoms with Crippen LogP contribution in [0.4, 0.5) is 0 Å². The highest BCUT2D eigenvalue weighted by Crippen LogP contribution is 2.33. The van der Waals surface area contributed by atoms with Gasteiger partial charge in [0, 0.05) is 5.56 Å². The maximum Gasteiger partial charge on any atom is 0.161 e. The van der Waals surface area contributed by atoms with Crippen molar-refractivity contribution in [1.29, 1.82) is 0 Å². The zero-order chi connectivity index (χ0) is 19.1. The van der Waals surface area contributed by atoms with Crippen molar-refractivity contribution < 1.29 is 14.6 Å². The van der Waals surface area contributed by atoms with Crippen LogP contribution in [-0.2, 0) is 18.8 Å². The maximum atomic E-state index is 10.7. The molecule has 3 N–H and O–H groups in total. The van der Waals surface area contributed by atoms with E-state index in [4.69, 9.17) is 15.2 Å². The first-order valence-corrected chi connectivity index (χ1v) is 8.99. The molecule has 0 aliphatic rings. The second-order valence-corrected chi connectivity index (χ2v) is 6.55. The summed E-state index contributed by atoms with van der Waals surface area (Å²) >= 11 is 0. The third-order valence-electron chi connectivity index (χ3n) is 4.54. The highest BCUT2D eigenvalue weighted by atomic mass is 16.5. The number of hydrogen-bond donors (Lipinski definition) is 2. The van der Waals surface area contributed by atoms with Gasteiger partial charge in [-0.05, 0) is 36.1 Å². The Balaban J connectivity index is 1.70. The average molecular weight is 363 g/mol. The number of aryl methyl sites for hydroxylation is 1. The van der Waals surface area contributed by atoms with E-state index >= 15 is 0 Å². The van der Waals surface area contributed by atoms with Crippen LogP contribution in [0.5, 0.6) is 11.5 Å². The zero-order valence-electron chi connectivity index (χ0n) is 15.5. The van der Waals surface area contributed by atoms with E-state index in [-0.39, 0.29) is 0 Å². The quantitative estimate of drug-likeness (QED) is 0.594. The lowest BCUT2D eigenvalue weighted by atomic mass is 9.95. The summed E-state index contributed by atoms with van der Waals surface area (Å²) in [5.74, 6) is 1.16. The summed E-state index contributed by atoms with van der Waals surface area (Å²) in [4.78, 5) is 0. The van der Waals surface area contributed by atoms with Gasteiger partial charge in [0.2, 0.25) is 0 Å². The second kappa shape index (κ2) is 8.71. The van der Waals surface area contributed by atoms with Gasteiger partial charge >= 0.3 is 0 Å². The Labute approximate surface area is 160 Å². The third kappa shape index (κ3) is 5.09. The van der Waals surface area contributed by atoms with Crippen LogP contribution >= 0.6 is 0 Å². The summed E-state index contributed by atoms with van der Waals surface area (Å²) in [6, 6.07) is 25.2. The van der Waals surface area contributed by atoms with Gasteiger partial charge in [0.15, 0.2) is 11.5 Å². The standard InChI is InChI=1S/C23H25NO3/c1-26-22-16-20(23(24,25)15-14-18-8-4-2-5-9-18)12-13-21(22)27-17-19-10-6-3-7-11-19/h2-13,16,25H,14-15,17,24H2,1H3. The van der Waals surface area contributed by atoms with Crippen molar-refractivity contribution in [3.63, 3.8) is 0 Å². The predicted molar refractivity (Wildman–Crippen MR) is 107 cm³/mol. The van der Waals surface area contributed by atoms with Crippen molar-refractivity contribution in [2.75, 3.05) is 7.11 Å². The molecule has 0 aromatic heterocycles.